The van der Waals surface area contributed by atoms with E-state index in [0.29, 0.717) is 54.0 Å². The number of halogens is 1. The normalized spacial score (nSPS) is 17.5. The Balaban J connectivity index is 1.85. The lowest BCUT2D eigenvalue weighted by Gasteiger charge is -2.22. The molecule has 1 fully saturated rings. The van der Waals surface area contributed by atoms with Crippen molar-refractivity contribution in [1.29, 1.82) is 0 Å². The van der Waals surface area contributed by atoms with Gasteiger partial charge in [0.05, 0.1) is 26.2 Å². The number of ether oxygens (including phenoxy) is 1. The first-order valence-electron chi connectivity index (χ1n) is 9.25. The van der Waals surface area contributed by atoms with Gasteiger partial charge >= 0.3 is 0 Å². The van der Waals surface area contributed by atoms with Gasteiger partial charge in [0.15, 0.2) is 17.0 Å². The molecule has 10 heteroatoms. The molecule has 0 radical (unpaired) electrons. The molecule has 0 spiro atoms. The average Bonchev–Trinajstić information content (AvgIpc) is 3.32. The van der Waals surface area contributed by atoms with Gasteiger partial charge in [0.25, 0.3) is 5.88 Å². The second kappa shape index (κ2) is 6.61. The van der Waals surface area contributed by atoms with Crippen LogP contribution in [0.15, 0.2) is 12.5 Å². The van der Waals surface area contributed by atoms with Crippen LogP contribution in [-0.2, 0) is 12.6 Å². The van der Waals surface area contributed by atoms with Gasteiger partial charge in [-0.25, -0.2) is 9.37 Å². The summed E-state index contributed by atoms with van der Waals surface area (Å²) in [6, 6.07) is 0. The van der Waals surface area contributed by atoms with E-state index in [0.717, 1.165) is 0 Å². The Labute approximate surface area is 162 Å². The monoisotopic (exact) mass is 388 g/mol. The molecule has 1 aliphatic rings. The smallest absolute Gasteiger partial charge is 0.256 e. The van der Waals surface area contributed by atoms with E-state index < -0.39 is 6.17 Å². The van der Waals surface area contributed by atoms with Crippen LogP contribution in [0.2, 0.25) is 0 Å². The fourth-order valence-corrected chi connectivity index (χ4v) is 3.34. The average molecular weight is 388 g/mol. The van der Waals surface area contributed by atoms with Crippen molar-refractivity contribution in [2.75, 3.05) is 30.4 Å². The standard InChI is InChI=1S/C18H25FN8O/c1-18(2,3)27-10-20-13-14(21-12-9-25(4)24-16(12)28-5)22-17(23-15(13)27)26-7-6-11(19)8-26/h9-11H,6-8H2,1-5H3,(H,21,22,23)/t11-/m0/s1. The van der Waals surface area contributed by atoms with Gasteiger partial charge in [-0.15, -0.1) is 5.10 Å². The summed E-state index contributed by atoms with van der Waals surface area (Å²) in [5, 5.41) is 7.53. The maximum atomic E-state index is 13.8. The van der Waals surface area contributed by atoms with E-state index in [9.17, 15) is 4.39 Å². The second-order valence-corrected chi connectivity index (χ2v) is 8.01. The molecule has 0 aromatic carbocycles. The van der Waals surface area contributed by atoms with E-state index in [2.05, 4.69) is 41.2 Å². The summed E-state index contributed by atoms with van der Waals surface area (Å²) in [5.41, 5.74) is 1.80. The number of aryl methyl sites for hydroxylation is 1. The van der Waals surface area contributed by atoms with Gasteiger partial charge in [-0.2, -0.15) is 9.97 Å². The number of imidazole rings is 1. The first kappa shape index (κ1) is 18.5. The minimum Gasteiger partial charge on any atom is -0.478 e. The lowest BCUT2D eigenvalue weighted by Crippen LogP contribution is -2.24. The third kappa shape index (κ3) is 3.23. The summed E-state index contributed by atoms with van der Waals surface area (Å²) < 4.78 is 22.8. The predicted molar refractivity (Wildman–Crippen MR) is 105 cm³/mol. The topological polar surface area (TPSA) is 85.9 Å². The Morgan fingerprint density at radius 2 is 2.07 bits per heavy atom. The highest BCUT2D eigenvalue weighted by molar-refractivity contribution is 5.87. The molecule has 150 valence electrons. The maximum Gasteiger partial charge on any atom is 0.256 e. The molecule has 3 aromatic heterocycles. The number of alkyl halides is 1. The van der Waals surface area contributed by atoms with Crippen molar-refractivity contribution in [1.82, 2.24) is 29.3 Å². The molecular weight excluding hydrogens is 363 g/mol. The Morgan fingerprint density at radius 3 is 2.71 bits per heavy atom. The minimum absolute atomic E-state index is 0.211. The van der Waals surface area contributed by atoms with Gasteiger partial charge in [-0.3, -0.25) is 4.68 Å². The number of hydrogen-bond donors (Lipinski definition) is 1. The number of aromatic nitrogens is 6. The van der Waals surface area contributed by atoms with Gasteiger partial charge in [0.2, 0.25) is 5.95 Å². The summed E-state index contributed by atoms with van der Waals surface area (Å²) in [5.74, 6) is 1.48. The number of hydrogen-bond acceptors (Lipinski definition) is 7. The van der Waals surface area contributed by atoms with Crippen molar-refractivity contribution in [2.24, 2.45) is 7.05 Å². The van der Waals surface area contributed by atoms with E-state index in [1.807, 2.05) is 16.5 Å². The van der Waals surface area contributed by atoms with E-state index in [-0.39, 0.29) is 5.54 Å². The third-order valence-corrected chi connectivity index (χ3v) is 4.76. The number of anilines is 3. The lowest BCUT2D eigenvalue weighted by molar-refractivity contribution is 0.364. The van der Waals surface area contributed by atoms with Crippen LogP contribution in [0.25, 0.3) is 11.2 Å². The van der Waals surface area contributed by atoms with Gasteiger partial charge in [0.1, 0.15) is 11.9 Å². The molecule has 0 unspecified atom stereocenters. The molecular formula is C18H25FN8O. The summed E-state index contributed by atoms with van der Waals surface area (Å²) in [6.45, 7) is 7.14. The largest absolute Gasteiger partial charge is 0.478 e. The highest BCUT2D eigenvalue weighted by Gasteiger charge is 2.27. The molecule has 1 atom stereocenters. The van der Waals surface area contributed by atoms with Crippen LogP contribution in [0.4, 0.5) is 21.8 Å². The molecule has 0 saturated carbocycles. The van der Waals surface area contributed by atoms with Crippen LogP contribution in [0.1, 0.15) is 27.2 Å². The fourth-order valence-electron chi connectivity index (χ4n) is 3.34. The van der Waals surface area contributed by atoms with Crippen molar-refractivity contribution >= 4 is 28.6 Å². The summed E-state index contributed by atoms with van der Waals surface area (Å²) in [7, 11) is 3.38. The van der Waals surface area contributed by atoms with Crippen LogP contribution in [0.5, 0.6) is 5.88 Å². The van der Waals surface area contributed by atoms with E-state index >= 15 is 0 Å². The molecule has 1 N–H and O–H groups in total. The van der Waals surface area contributed by atoms with Crippen molar-refractivity contribution in [3.05, 3.63) is 12.5 Å². The minimum atomic E-state index is -0.860. The quantitative estimate of drug-likeness (QED) is 0.735. The zero-order chi connectivity index (χ0) is 20.1. The molecule has 1 saturated heterocycles. The van der Waals surface area contributed by atoms with Crippen molar-refractivity contribution < 1.29 is 9.13 Å². The van der Waals surface area contributed by atoms with Crippen LogP contribution >= 0.6 is 0 Å². The zero-order valence-electron chi connectivity index (χ0n) is 16.8. The van der Waals surface area contributed by atoms with Crippen LogP contribution in [0.3, 0.4) is 0 Å². The Kier molecular flexibility index (Phi) is 4.35. The van der Waals surface area contributed by atoms with Gasteiger partial charge in [0, 0.05) is 19.1 Å². The van der Waals surface area contributed by atoms with Crippen molar-refractivity contribution in [2.45, 2.75) is 38.9 Å². The molecule has 4 heterocycles. The highest BCUT2D eigenvalue weighted by atomic mass is 19.1. The summed E-state index contributed by atoms with van der Waals surface area (Å²) in [4.78, 5) is 15.8. The van der Waals surface area contributed by atoms with Gasteiger partial charge < -0.3 is 19.5 Å². The summed E-state index contributed by atoms with van der Waals surface area (Å²) >= 11 is 0. The fraction of sp³-hybridized carbons (Fsp3) is 0.556. The van der Waals surface area contributed by atoms with Crippen LogP contribution in [-0.4, -0.2) is 55.7 Å². The number of methoxy groups -OCH3 is 1. The molecule has 1 aliphatic heterocycles. The number of fused-ring (bicyclic) bond motifs is 1. The van der Waals surface area contributed by atoms with Crippen LogP contribution in [0, 0.1) is 0 Å². The molecule has 28 heavy (non-hydrogen) atoms. The summed E-state index contributed by atoms with van der Waals surface area (Å²) in [6.07, 6.45) is 3.19. The van der Waals surface area contributed by atoms with E-state index in [1.165, 1.54) is 0 Å². The predicted octanol–water partition coefficient (Wildman–Crippen LogP) is 2.62. The Bertz CT molecular complexity index is 1010. The van der Waals surface area contributed by atoms with Gasteiger partial charge in [-0.1, -0.05) is 0 Å². The number of nitrogens with one attached hydrogen (secondary N) is 1. The highest BCUT2D eigenvalue weighted by Crippen LogP contribution is 2.32. The lowest BCUT2D eigenvalue weighted by atomic mass is 10.1. The van der Waals surface area contributed by atoms with Crippen LogP contribution < -0.4 is 15.0 Å². The molecule has 0 aliphatic carbocycles. The Hall–Kier alpha value is -2.91. The van der Waals surface area contributed by atoms with Crippen molar-refractivity contribution in [3.63, 3.8) is 0 Å². The van der Waals surface area contributed by atoms with E-state index in [1.54, 1.807) is 24.3 Å². The molecule has 3 aromatic rings. The maximum absolute atomic E-state index is 13.8. The first-order chi connectivity index (χ1) is 13.3. The van der Waals surface area contributed by atoms with Gasteiger partial charge in [-0.05, 0) is 27.2 Å². The van der Waals surface area contributed by atoms with E-state index in [4.69, 9.17) is 9.72 Å². The third-order valence-electron chi connectivity index (χ3n) is 4.76. The second-order valence-electron chi connectivity index (χ2n) is 8.01. The number of nitrogens with zero attached hydrogens (tertiary/aromatic N) is 7. The zero-order valence-corrected chi connectivity index (χ0v) is 16.8. The molecule has 0 bridgehead atoms. The SMILES string of the molecule is COc1nn(C)cc1Nc1nc(N2CC[C@H](F)C2)nc2c1ncn2C(C)(C)C. The Morgan fingerprint density at radius 1 is 1.29 bits per heavy atom. The first-order valence-corrected chi connectivity index (χ1v) is 9.25. The molecule has 9 nitrogen and oxygen atoms in total. The molecule has 0 amide bonds. The molecule has 4 rings (SSSR count). The van der Waals surface area contributed by atoms with Crippen molar-refractivity contribution in [3.8, 4) is 5.88 Å². The number of rotatable bonds is 4.